The first kappa shape index (κ1) is 7.38. The fourth-order valence-electron chi connectivity index (χ4n) is 0.114. The number of rotatable bonds is 4. The summed E-state index contributed by atoms with van der Waals surface area (Å²) in [6.45, 7) is -0.345. The van der Waals surface area contributed by atoms with Crippen LogP contribution in [-0.4, -0.2) is 21.6 Å². The third-order valence-corrected chi connectivity index (χ3v) is 0.654. The van der Waals surface area contributed by atoms with E-state index in [0.717, 1.165) is 0 Å². The molecule has 1 N–H and O–H groups in total. The highest BCUT2D eigenvalue weighted by molar-refractivity contribution is 7.67. The average molecular weight is 138 g/mol. The Morgan fingerprint density at radius 2 is 2.25 bits per heavy atom. The molecule has 0 rings (SSSR count). The number of amides is 1. The molecular weight excluding hydrogens is 134 g/mol. The van der Waals surface area contributed by atoms with Crippen molar-refractivity contribution in [2.75, 3.05) is 6.73 Å². The summed E-state index contributed by atoms with van der Waals surface area (Å²) in [6, 6.07) is 0. The van der Waals surface area contributed by atoms with Crippen LogP contribution in [0, 0.1) is 0 Å². The molecule has 0 fully saturated rings. The Bertz CT molecular complexity index is 122. The summed E-state index contributed by atoms with van der Waals surface area (Å²) in [5, 5.41) is 1.87. The Kier molecular flexibility index (Phi) is 4.19. The van der Waals surface area contributed by atoms with Crippen LogP contribution in [0.2, 0.25) is 0 Å². The van der Waals surface area contributed by atoms with Crippen LogP contribution in [0.3, 0.4) is 0 Å². The van der Waals surface area contributed by atoms with Crippen molar-refractivity contribution in [3.05, 3.63) is 0 Å². The van der Waals surface area contributed by atoms with Gasteiger partial charge in [-0.1, -0.05) is 0 Å². The van der Waals surface area contributed by atoms with Gasteiger partial charge in [0.25, 0.3) is 11.0 Å². The normalized spacial score (nSPS) is 9.12. The minimum Gasteiger partial charge on any atom is -0.324 e. The molecule has 0 saturated heterocycles. The van der Waals surface area contributed by atoms with Crippen LogP contribution in [-0.2, 0) is 20.0 Å². The largest absolute Gasteiger partial charge is 0.324 e. The second-order valence-corrected chi connectivity index (χ2v) is 1.48. The van der Waals surface area contributed by atoms with E-state index >= 15 is 0 Å². The first-order valence-corrected chi connectivity index (χ1v) is 2.74. The van der Waals surface area contributed by atoms with Gasteiger partial charge >= 0.3 is 6.41 Å². The van der Waals surface area contributed by atoms with E-state index in [9.17, 15) is 13.2 Å². The second-order valence-electron chi connectivity index (χ2n) is 0.776. The van der Waals surface area contributed by atoms with E-state index in [-0.39, 0.29) is 6.73 Å². The van der Waals surface area contributed by atoms with Gasteiger partial charge in [0.05, 0.1) is 0 Å². The summed E-state index contributed by atoms with van der Waals surface area (Å²) in [5.41, 5.74) is 0. The summed E-state index contributed by atoms with van der Waals surface area (Å²) >= 11 is 0. The summed E-state index contributed by atoms with van der Waals surface area (Å²) < 4.78 is 22.9. The van der Waals surface area contributed by atoms with Gasteiger partial charge in [-0.3, -0.25) is 8.98 Å². The topological polar surface area (TPSA) is 72.5 Å². The van der Waals surface area contributed by atoms with Crippen molar-refractivity contribution in [3.8, 4) is 0 Å². The lowest BCUT2D eigenvalue weighted by molar-refractivity contribution is 0.321. The molecule has 0 heterocycles. The zero-order valence-corrected chi connectivity index (χ0v) is 4.68. The molecule has 0 aliphatic heterocycles. The molecule has 5 nitrogen and oxygen atoms in total. The number of hydrogen-bond donors (Lipinski definition) is 2. The lowest BCUT2D eigenvalue weighted by Gasteiger charge is -1.87. The minimum atomic E-state index is -2.85. The van der Waals surface area contributed by atoms with Gasteiger partial charge in [-0.25, -0.2) is 8.42 Å². The summed E-state index contributed by atoms with van der Waals surface area (Å²) in [7, 11) is -2.85. The summed E-state index contributed by atoms with van der Waals surface area (Å²) in [4.78, 5) is 9.27. The molecule has 0 unspecified atom stereocenters. The molecule has 8 heavy (non-hydrogen) atoms. The van der Waals surface area contributed by atoms with Crippen molar-refractivity contribution in [1.29, 1.82) is 0 Å². The molecule has 1 radical (unpaired) electrons. The van der Waals surface area contributed by atoms with E-state index in [1.165, 1.54) is 6.41 Å². The monoisotopic (exact) mass is 138 g/mol. The first-order valence-electron chi connectivity index (χ1n) is 1.64. The van der Waals surface area contributed by atoms with Gasteiger partial charge in [-0.05, 0) is 0 Å². The molecule has 0 aromatic heterocycles. The van der Waals surface area contributed by atoms with Crippen LogP contribution in [0.4, 0.5) is 0 Å². The molecule has 0 aliphatic rings. The van der Waals surface area contributed by atoms with Gasteiger partial charge in [-0.2, -0.15) is 0 Å². The number of hydrogen-bond acceptors (Lipinski definition) is 4. The molecule has 1 amide bonds. The molecule has 0 atom stereocenters. The van der Waals surface area contributed by atoms with Crippen molar-refractivity contribution < 1.29 is 17.4 Å². The maximum atomic E-state index is 9.52. The lowest BCUT2D eigenvalue weighted by atomic mass is 11.2. The van der Waals surface area contributed by atoms with E-state index in [1.54, 1.807) is 0 Å². The van der Waals surface area contributed by atoms with Crippen LogP contribution < -0.4 is 5.32 Å². The van der Waals surface area contributed by atoms with Crippen molar-refractivity contribution in [2.45, 2.75) is 0 Å². The molecule has 0 bridgehead atoms. The van der Waals surface area contributed by atoms with Crippen LogP contribution in [0.5, 0.6) is 0 Å². The van der Waals surface area contributed by atoms with Crippen molar-refractivity contribution in [1.82, 2.24) is 5.32 Å². The molecule has 6 heteroatoms. The van der Waals surface area contributed by atoms with E-state index in [4.69, 9.17) is 0 Å². The molecule has 0 saturated carbocycles. The Labute approximate surface area is 47.8 Å². The summed E-state index contributed by atoms with van der Waals surface area (Å²) in [6.07, 6.45) is 1.23. The van der Waals surface area contributed by atoms with Gasteiger partial charge < -0.3 is 5.32 Å². The highest BCUT2D eigenvalue weighted by Gasteiger charge is 1.81. The standard InChI is InChI=1S/C2H4NO4S/c4-1-3-2-7-8(5)6/h8H,2H2,(H,3,4). The predicted octanol–water partition coefficient (Wildman–Crippen LogP) is -1.86. The SMILES string of the molecule is O=[C]NCO[SH](=O)=O. The highest BCUT2D eigenvalue weighted by atomic mass is 32.2. The minimum absolute atomic E-state index is 0.345. The molecule has 0 aromatic carbocycles. The van der Waals surface area contributed by atoms with E-state index < -0.39 is 11.0 Å². The van der Waals surface area contributed by atoms with Gasteiger partial charge in [0.15, 0.2) is 0 Å². The maximum absolute atomic E-state index is 9.52. The van der Waals surface area contributed by atoms with Crippen molar-refractivity contribution >= 4 is 17.4 Å². The first-order chi connectivity index (χ1) is 3.77. The molecule has 0 aromatic rings. The quantitative estimate of drug-likeness (QED) is 0.207. The zero-order valence-electron chi connectivity index (χ0n) is 3.79. The van der Waals surface area contributed by atoms with Gasteiger partial charge in [-0.15, -0.1) is 0 Å². The van der Waals surface area contributed by atoms with Crippen LogP contribution >= 0.6 is 0 Å². The zero-order chi connectivity index (χ0) is 6.41. The summed E-state index contributed by atoms with van der Waals surface area (Å²) in [5.74, 6) is 0. The van der Waals surface area contributed by atoms with Gasteiger partial charge in [0.1, 0.15) is 6.73 Å². The average Bonchev–Trinajstić information content (AvgIpc) is 1.66. The van der Waals surface area contributed by atoms with E-state index in [0.29, 0.717) is 0 Å². The second kappa shape index (κ2) is 4.54. The van der Waals surface area contributed by atoms with E-state index in [2.05, 4.69) is 4.18 Å². The third-order valence-electron chi connectivity index (χ3n) is 0.314. The predicted molar refractivity (Wildman–Crippen MR) is 25.1 cm³/mol. The molecule has 0 aliphatic carbocycles. The van der Waals surface area contributed by atoms with E-state index in [1.807, 2.05) is 5.32 Å². The fourth-order valence-corrected chi connectivity index (χ4v) is 0.284. The van der Waals surface area contributed by atoms with Gasteiger partial charge in [0, 0.05) is 0 Å². The highest BCUT2D eigenvalue weighted by Crippen LogP contribution is 1.63. The lowest BCUT2D eigenvalue weighted by Crippen LogP contribution is -2.14. The smallest absolute Gasteiger partial charge is 0.311 e. The Morgan fingerprint density at radius 1 is 1.62 bits per heavy atom. The maximum Gasteiger partial charge on any atom is 0.311 e. The third kappa shape index (κ3) is 5.38. The number of thiol groups is 1. The number of carbonyl (C=O) groups excluding carboxylic acids is 1. The molecular formula is C2H4NO4S. The molecule has 0 spiro atoms. The van der Waals surface area contributed by atoms with Crippen molar-refractivity contribution in [2.24, 2.45) is 0 Å². The van der Waals surface area contributed by atoms with Crippen LogP contribution in [0.1, 0.15) is 0 Å². The fraction of sp³-hybridized carbons (Fsp3) is 0.500. The molecule has 47 valence electrons. The van der Waals surface area contributed by atoms with Crippen LogP contribution in [0.15, 0.2) is 0 Å². The number of nitrogens with one attached hydrogen (secondary N) is 1. The van der Waals surface area contributed by atoms with Gasteiger partial charge in [0.2, 0.25) is 0 Å². The Balaban J connectivity index is 3.05. The van der Waals surface area contributed by atoms with Crippen molar-refractivity contribution in [3.63, 3.8) is 0 Å². The Morgan fingerprint density at radius 3 is 2.62 bits per heavy atom. The van der Waals surface area contributed by atoms with Crippen LogP contribution in [0.25, 0.3) is 0 Å². The Hall–Kier alpha value is -0.620.